The second kappa shape index (κ2) is 42.7. The molecule has 0 saturated heterocycles. The fourth-order valence-electron chi connectivity index (χ4n) is 9.87. The van der Waals surface area contributed by atoms with E-state index in [4.69, 9.17) is 26.5 Å². The molecule has 0 fully saturated rings. The molecule has 0 saturated carbocycles. The fraction of sp³-hybridized carbons (Fsp3) is 0.432. The monoisotopic (exact) mass is 1470 g/mol. The molecule has 0 N–H and O–H groups in total. The van der Waals surface area contributed by atoms with Crippen molar-refractivity contribution in [3.05, 3.63) is 216 Å². The van der Waals surface area contributed by atoms with Crippen LogP contribution in [0.25, 0.3) is 0 Å². The fourth-order valence-corrected chi connectivity index (χ4v) is 16.3. The van der Waals surface area contributed by atoms with E-state index in [0.29, 0.717) is 19.6 Å². The summed E-state index contributed by atoms with van der Waals surface area (Å²) in [6, 6.07) is 64.4. The summed E-state index contributed by atoms with van der Waals surface area (Å²) < 4.78 is 131. The average molecular weight is 1480 g/mol. The van der Waals surface area contributed by atoms with Crippen LogP contribution in [0, 0.1) is 6.92 Å². The van der Waals surface area contributed by atoms with Crippen molar-refractivity contribution in [3.63, 3.8) is 0 Å². The van der Waals surface area contributed by atoms with Crippen molar-refractivity contribution >= 4 is 73.0 Å². The van der Waals surface area contributed by atoms with Crippen LogP contribution in [0.1, 0.15) is 116 Å². The number of alkyl halides is 1. The molecule has 0 heterocycles. The zero-order valence-electron chi connectivity index (χ0n) is 59.8. The van der Waals surface area contributed by atoms with Crippen LogP contribution < -0.4 is 34.0 Å². The second-order valence-corrected chi connectivity index (χ2v) is 39.5. The highest BCUT2D eigenvalue weighted by Gasteiger charge is 2.39. The Bertz CT molecular complexity index is 3730. The van der Waals surface area contributed by atoms with Crippen molar-refractivity contribution in [1.82, 2.24) is 9.80 Å². The highest BCUT2D eigenvalue weighted by atomic mass is 32.3. The third kappa shape index (κ3) is 30.3. The van der Waals surface area contributed by atoms with Gasteiger partial charge in [0.1, 0.15) is 33.8 Å². The number of nitrogens with zero attached hydrogens (tertiary/aromatic N) is 3. The van der Waals surface area contributed by atoms with Crippen LogP contribution in [0.5, 0.6) is 17.2 Å². The Morgan fingerprint density at radius 3 is 1.18 bits per heavy atom. The maximum absolute atomic E-state index is 12.6. The van der Waals surface area contributed by atoms with Gasteiger partial charge in [-0.25, -0.2) is 12.8 Å². The van der Waals surface area contributed by atoms with Gasteiger partial charge in [-0.3, -0.25) is 14.3 Å². The molecule has 0 amide bonds. The maximum atomic E-state index is 12.6. The molecule has 7 rings (SSSR count). The first-order valence-electron chi connectivity index (χ1n) is 32.3. The number of rotatable bonds is 29. The van der Waals surface area contributed by atoms with E-state index in [2.05, 4.69) is 208 Å². The summed E-state index contributed by atoms with van der Waals surface area (Å²) >= 11 is -0.750. The zero-order valence-corrected chi connectivity index (χ0v) is 64.9. The van der Waals surface area contributed by atoms with Gasteiger partial charge in [-0.05, 0) is 110 Å². The van der Waals surface area contributed by atoms with Gasteiger partial charge in [-0.15, -0.1) is 3.89 Å². The Hall–Kier alpha value is -6.30. The Morgan fingerprint density at radius 1 is 0.520 bits per heavy atom. The second-order valence-electron chi connectivity index (χ2n) is 26.0. The van der Waals surface area contributed by atoms with Crippen molar-refractivity contribution in [1.29, 1.82) is 0 Å². The summed E-state index contributed by atoms with van der Waals surface area (Å²) in [6.07, 6.45) is 4.82. The van der Waals surface area contributed by atoms with Gasteiger partial charge in [0.15, 0.2) is 0 Å². The lowest BCUT2D eigenvalue weighted by Crippen LogP contribution is -3.00. The number of benzene rings is 7. The zero-order chi connectivity index (χ0) is 71.9. The number of ether oxygens (including phenoxy) is 1. The quantitative estimate of drug-likeness (QED) is 0.0142. The molecule has 0 aliphatic heterocycles. The molecule has 0 bridgehead atoms. The van der Waals surface area contributed by atoms with E-state index in [0.717, 1.165) is 48.3 Å². The first-order valence-corrected chi connectivity index (χ1v) is 42.8. The summed E-state index contributed by atoms with van der Waals surface area (Å²) in [7, 11) is -11.5. The molecule has 0 aromatic heterocycles. The first-order chi connectivity index (χ1) is 45.1. The van der Waals surface area contributed by atoms with Crippen LogP contribution in [0.4, 0.5) is 13.0 Å². The van der Waals surface area contributed by atoms with Crippen LogP contribution in [-0.4, -0.2) is 135 Å². The molecule has 0 unspecified atom stereocenters. The Morgan fingerprint density at radius 2 is 0.857 bits per heavy atom. The number of aryl methyl sites for hydroxylation is 1. The van der Waals surface area contributed by atoms with Crippen molar-refractivity contribution in [2.45, 2.75) is 124 Å². The number of hydrogen-bond acceptors (Lipinski definition) is 14. The predicted molar refractivity (Wildman–Crippen MR) is 402 cm³/mol. The third-order valence-electron chi connectivity index (χ3n) is 17.0. The van der Waals surface area contributed by atoms with Crippen molar-refractivity contribution in [3.8, 4) is 17.2 Å². The van der Waals surface area contributed by atoms with Crippen molar-refractivity contribution in [2.24, 2.45) is 4.74 Å². The maximum Gasteiger partial charge on any atom is 0.335 e. The number of methoxy groups -OCH3 is 1. The molecule has 7 aromatic rings. The van der Waals surface area contributed by atoms with E-state index < -0.39 is 69.5 Å². The molecule has 0 spiro atoms. The standard InChI is InChI=1S/C25H37NO6S2.C22H32OSi.C19H18NP.C8H17F2NO2S.2FH.O2S/c1-6-7-16-26(17-19-33(5,27)28)18-20-34(29,30)32-24-14-10-22(11-15-24)25(2,3)21-8-12-23(31-4)13-9-21;1-17-9-11-18(12-10-17)22(5,6)19-13-15-20(16-14-19)23-24(7,8)21(2,3)4;1-20-21(17-11-5-2-6-12-17,18-13-7-3-8-14-18)19-15-9-4-10-16-19;1-2-3-5-11(6-4-9)7-8-14(10,12)13;;;1-3-2/h8-15H,6-7,16-20H2,1-5H3;9-16H,1-8H3;2-16H,1H3;2-8H2,1H3;2*1H;/p-1. The molecule has 98 heavy (non-hydrogen) atoms. The van der Waals surface area contributed by atoms with Crippen LogP contribution in [0.3, 0.4) is 0 Å². The highest BCUT2D eigenvalue weighted by molar-refractivity contribution is 7.90. The predicted octanol–water partition coefficient (Wildman–Crippen LogP) is 12.2. The lowest BCUT2D eigenvalue weighted by molar-refractivity contribution is -0.0000338. The molecule has 0 radical (unpaired) electrons. The average Bonchev–Trinajstić information content (AvgIpc) is 0.769. The SMILES string of the molecule is CCCCN(CCF)CCS(=O)(=O)F.CCCCN(CCS(C)(=O)=O)CCS(=O)(=O)Oc1ccc(C(C)(C)c2ccc(OC)cc2)cc1.CN=P(c1ccccc1)(c1ccccc1)c1ccccc1.Cc1ccc(C(C)(C)c2ccc(O[Si](C)(C)C(C)(C)C)cc2)cc1.F.O=S=O.[F-]. The molecule has 0 atom stereocenters. The van der Waals surface area contributed by atoms with Crippen molar-refractivity contribution < 1.29 is 64.7 Å². The molecule has 14 nitrogen and oxygen atoms in total. The van der Waals surface area contributed by atoms with Crippen LogP contribution in [-0.2, 0) is 52.6 Å². The van der Waals surface area contributed by atoms with E-state index in [-0.39, 0.29) is 62.2 Å². The molecule has 544 valence electrons. The molecule has 7 aromatic carbocycles. The molecule has 0 aliphatic rings. The summed E-state index contributed by atoms with van der Waals surface area (Å²) in [4.78, 5) is 3.49. The van der Waals surface area contributed by atoms with E-state index in [1.807, 2.05) is 62.2 Å². The Balaban J connectivity index is 0.000000666. The summed E-state index contributed by atoms with van der Waals surface area (Å²) in [6.45, 7) is 27.8. The van der Waals surface area contributed by atoms with Crippen LogP contribution in [0.2, 0.25) is 18.1 Å². The third-order valence-corrected chi connectivity index (χ3v) is 27.8. The number of unbranched alkanes of at least 4 members (excludes halogenated alkanes) is 2. The normalized spacial score (nSPS) is 11.8. The number of sulfone groups is 1. The minimum Gasteiger partial charge on any atom is -1.00 e. The van der Waals surface area contributed by atoms with Gasteiger partial charge in [0.05, 0.1) is 31.4 Å². The smallest absolute Gasteiger partial charge is 0.335 e. The van der Waals surface area contributed by atoms with Crippen molar-refractivity contribution in [2.75, 3.05) is 83.6 Å². The van der Waals surface area contributed by atoms with E-state index in [1.54, 1.807) is 24.1 Å². The number of halogens is 4. The molecule has 24 heteroatoms. The minimum atomic E-state index is -4.43. The summed E-state index contributed by atoms with van der Waals surface area (Å²) in [5.74, 6) is 1.29. The van der Waals surface area contributed by atoms with Gasteiger partial charge < -0.3 is 23.0 Å². The molecular weight excluding hydrogens is 1370 g/mol. The Kier molecular flexibility index (Phi) is 39.1. The summed E-state index contributed by atoms with van der Waals surface area (Å²) in [5.41, 5.74) is 5.78. The van der Waals surface area contributed by atoms with Crippen LogP contribution in [0.15, 0.2) is 193 Å². The van der Waals surface area contributed by atoms with Gasteiger partial charge in [0.25, 0.3) is 0 Å². The molecular formula is C74H105F4N3O11PS4Si-. The van der Waals surface area contributed by atoms with Gasteiger partial charge >= 0.3 is 31.9 Å². The topological polar surface area (TPSA) is 183 Å². The minimum absolute atomic E-state index is 0. The number of hydrogen-bond donors (Lipinski definition) is 0. The summed E-state index contributed by atoms with van der Waals surface area (Å²) in [5, 5.41) is 4.10. The van der Waals surface area contributed by atoms with E-state index in [1.165, 1.54) is 38.9 Å². The Labute approximate surface area is 589 Å². The molecule has 0 aliphatic carbocycles. The largest absolute Gasteiger partial charge is 1.00 e. The lowest BCUT2D eigenvalue weighted by Gasteiger charge is -2.36. The van der Waals surface area contributed by atoms with Crippen LogP contribution >= 0.6 is 7.05 Å². The van der Waals surface area contributed by atoms with Gasteiger partial charge in [-0.1, -0.05) is 232 Å². The van der Waals surface area contributed by atoms with Gasteiger partial charge in [0, 0.05) is 66.2 Å². The highest BCUT2D eigenvalue weighted by Crippen LogP contribution is 2.46. The van der Waals surface area contributed by atoms with Gasteiger partial charge in [0.2, 0.25) is 8.32 Å². The van der Waals surface area contributed by atoms with Gasteiger partial charge in [-0.2, -0.15) is 25.3 Å². The lowest BCUT2D eigenvalue weighted by atomic mass is 9.78. The van der Waals surface area contributed by atoms with E-state index >= 15 is 0 Å². The van der Waals surface area contributed by atoms with E-state index in [9.17, 15) is 33.5 Å². The first kappa shape index (κ1) is 89.7.